The molecule has 4 heteroatoms. The second kappa shape index (κ2) is 7.48. The van der Waals surface area contributed by atoms with Crippen LogP contribution >= 0.6 is 0 Å². The van der Waals surface area contributed by atoms with Gasteiger partial charge in [-0.25, -0.2) is 4.98 Å². The number of benzene rings is 3. The summed E-state index contributed by atoms with van der Waals surface area (Å²) in [6.07, 6.45) is 0. The van der Waals surface area contributed by atoms with E-state index in [1.54, 1.807) is 0 Å². The second-order valence-electron chi connectivity index (χ2n) is 7.43. The molecule has 3 aromatic carbocycles. The third-order valence-electron chi connectivity index (χ3n) is 5.12. The molecule has 0 saturated heterocycles. The topological polar surface area (TPSA) is 50.4 Å². The van der Waals surface area contributed by atoms with Gasteiger partial charge in [0.2, 0.25) is 0 Å². The van der Waals surface area contributed by atoms with E-state index in [-0.39, 0.29) is 0 Å². The quantitative estimate of drug-likeness (QED) is 0.373. The Hall–Kier alpha value is -3.92. The third-order valence-corrected chi connectivity index (χ3v) is 5.12. The van der Waals surface area contributed by atoms with Gasteiger partial charge >= 0.3 is 0 Å². The predicted octanol–water partition coefficient (Wildman–Crippen LogP) is 6.19. The van der Waals surface area contributed by atoms with Crippen molar-refractivity contribution in [2.75, 3.05) is 5.43 Å². The molecule has 30 heavy (non-hydrogen) atoms. The molecule has 0 aliphatic heterocycles. The predicted molar refractivity (Wildman–Crippen MR) is 122 cm³/mol. The number of aryl methyl sites for hydroxylation is 2. The Bertz CT molecular complexity index is 1440. The highest BCUT2D eigenvalue weighted by Gasteiger charge is 2.09. The molecular formula is C26H21N3O. The van der Waals surface area contributed by atoms with Crippen molar-refractivity contribution in [1.82, 2.24) is 4.98 Å². The van der Waals surface area contributed by atoms with Gasteiger partial charge in [0, 0.05) is 22.4 Å². The number of pyridine rings is 1. The highest BCUT2D eigenvalue weighted by molar-refractivity contribution is 5.82. The molecule has 0 bridgehead atoms. The van der Waals surface area contributed by atoms with E-state index in [9.17, 15) is 0 Å². The van der Waals surface area contributed by atoms with Crippen molar-refractivity contribution >= 4 is 27.7 Å². The molecule has 0 atom stereocenters. The highest BCUT2D eigenvalue weighted by atomic mass is 16.3. The third kappa shape index (κ3) is 3.44. The van der Waals surface area contributed by atoms with Crippen molar-refractivity contribution in [2.45, 2.75) is 13.8 Å². The molecule has 0 aliphatic carbocycles. The number of rotatable bonds is 3. The van der Waals surface area contributed by atoms with Crippen molar-refractivity contribution in [3.8, 4) is 11.3 Å². The average Bonchev–Trinajstić information content (AvgIpc) is 2.78. The summed E-state index contributed by atoms with van der Waals surface area (Å²) in [4.78, 5) is 4.66. The van der Waals surface area contributed by atoms with Crippen LogP contribution in [0.15, 0.2) is 94.4 Å². The van der Waals surface area contributed by atoms with Crippen LogP contribution in [0.2, 0.25) is 0 Å². The van der Waals surface area contributed by atoms with Crippen LogP contribution in [0.1, 0.15) is 11.1 Å². The molecule has 2 heterocycles. The first-order valence-electron chi connectivity index (χ1n) is 9.93. The van der Waals surface area contributed by atoms with E-state index < -0.39 is 0 Å². The summed E-state index contributed by atoms with van der Waals surface area (Å²) in [5.74, 6) is 1.48. The minimum atomic E-state index is 0.702. The molecule has 0 aliphatic rings. The van der Waals surface area contributed by atoms with Crippen LogP contribution in [-0.2, 0) is 0 Å². The summed E-state index contributed by atoms with van der Waals surface area (Å²) in [6.45, 7) is 4.15. The highest BCUT2D eigenvalue weighted by Crippen LogP contribution is 2.25. The normalized spacial score (nSPS) is 11.9. The van der Waals surface area contributed by atoms with E-state index >= 15 is 0 Å². The van der Waals surface area contributed by atoms with E-state index in [1.165, 1.54) is 5.56 Å². The summed E-state index contributed by atoms with van der Waals surface area (Å²) in [7, 11) is 0. The zero-order valence-corrected chi connectivity index (χ0v) is 16.9. The largest absolute Gasteiger partial charge is 0.456 e. The van der Waals surface area contributed by atoms with Gasteiger partial charge in [-0.3, -0.25) is 5.43 Å². The van der Waals surface area contributed by atoms with Crippen molar-refractivity contribution in [3.05, 3.63) is 101 Å². The number of fused-ring (bicyclic) bond motifs is 2. The van der Waals surface area contributed by atoms with E-state index in [4.69, 9.17) is 9.52 Å². The fraction of sp³-hybridized carbons (Fsp3) is 0.0769. The van der Waals surface area contributed by atoms with E-state index in [0.717, 1.165) is 44.1 Å². The second-order valence-corrected chi connectivity index (χ2v) is 7.43. The van der Waals surface area contributed by atoms with Crippen LogP contribution < -0.4 is 10.8 Å². The molecule has 4 nitrogen and oxygen atoms in total. The molecule has 5 rings (SSSR count). The molecule has 0 unspecified atom stereocenters. The molecule has 0 fully saturated rings. The lowest BCUT2D eigenvalue weighted by atomic mass is 10.1. The van der Waals surface area contributed by atoms with Gasteiger partial charge in [0.15, 0.2) is 0 Å². The molecule has 5 aromatic rings. The van der Waals surface area contributed by atoms with E-state index in [0.29, 0.717) is 5.82 Å². The van der Waals surface area contributed by atoms with Crippen LogP contribution in [0, 0.1) is 13.8 Å². The number of nitrogens with zero attached hydrogens (tertiary/aromatic N) is 2. The average molecular weight is 391 g/mol. The van der Waals surface area contributed by atoms with Gasteiger partial charge in [-0.2, -0.15) is 5.10 Å². The number of nitrogens with one attached hydrogen (secondary N) is 1. The molecule has 0 amide bonds. The lowest BCUT2D eigenvalue weighted by Crippen LogP contribution is -2.09. The van der Waals surface area contributed by atoms with E-state index in [1.807, 2.05) is 72.8 Å². The number of aromatic nitrogens is 1. The van der Waals surface area contributed by atoms with Crippen LogP contribution in [0.4, 0.5) is 5.82 Å². The maximum Gasteiger partial charge on any atom is 0.146 e. The van der Waals surface area contributed by atoms with Crippen LogP contribution in [0.25, 0.3) is 33.2 Å². The molecular weight excluding hydrogens is 370 g/mol. The van der Waals surface area contributed by atoms with E-state index in [2.05, 4.69) is 36.4 Å². The Morgan fingerprint density at radius 3 is 2.50 bits per heavy atom. The lowest BCUT2D eigenvalue weighted by molar-refractivity contribution is 0.615. The van der Waals surface area contributed by atoms with Crippen molar-refractivity contribution in [1.29, 1.82) is 0 Å². The summed E-state index contributed by atoms with van der Waals surface area (Å²) in [5, 5.41) is 7.60. The SMILES string of the molecule is Cc1cc(C)c2oc(-c3ccccc3)c/c(=N\Nc3ccc4ccccc4n3)c2c1. The monoisotopic (exact) mass is 391 g/mol. The first-order valence-corrected chi connectivity index (χ1v) is 9.93. The maximum atomic E-state index is 6.28. The van der Waals surface area contributed by atoms with Gasteiger partial charge in [0.05, 0.1) is 10.9 Å². The van der Waals surface area contributed by atoms with Crippen LogP contribution in [0.5, 0.6) is 0 Å². The summed E-state index contributed by atoms with van der Waals surface area (Å²) in [6, 6.07) is 28.3. The molecule has 1 N–H and O–H groups in total. The molecule has 0 saturated carbocycles. The summed E-state index contributed by atoms with van der Waals surface area (Å²) in [5.41, 5.74) is 8.18. The Morgan fingerprint density at radius 2 is 1.63 bits per heavy atom. The lowest BCUT2D eigenvalue weighted by Gasteiger charge is -2.09. The molecule has 146 valence electrons. The standard InChI is InChI=1S/C26H21N3O/c1-17-14-18(2)26-21(15-17)23(16-24(30-26)20-9-4-3-5-10-20)28-29-25-13-12-19-8-6-7-11-22(19)27-25/h3-16H,1-2H3,(H,27,29)/b28-23+. The zero-order valence-electron chi connectivity index (χ0n) is 16.9. The Kier molecular flexibility index (Phi) is 4.52. The summed E-state index contributed by atoms with van der Waals surface area (Å²) >= 11 is 0. The van der Waals surface area contributed by atoms with Gasteiger partial charge in [-0.15, -0.1) is 0 Å². The molecule has 2 aromatic heterocycles. The number of anilines is 1. The first-order chi connectivity index (χ1) is 14.7. The van der Waals surface area contributed by atoms with Gasteiger partial charge in [0.25, 0.3) is 0 Å². The Balaban J connectivity index is 1.67. The van der Waals surface area contributed by atoms with Gasteiger partial charge in [0.1, 0.15) is 17.2 Å². The zero-order chi connectivity index (χ0) is 20.5. The van der Waals surface area contributed by atoms with Crippen LogP contribution in [-0.4, -0.2) is 4.98 Å². The Morgan fingerprint density at radius 1 is 0.833 bits per heavy atom. The molecule has 0 spiro atoms. The fourth-order valence-electron chi connectivity index (χ4n) is 3.70. The number of para-hydroxylation sites is 1. The number of hydrogen-bond donors (Lipinski definition) is 1. The minimum absolute atomic E-state index is 0.702. The minimum Gasteiger partial charge on any atom is -0.456 e. The smallest absolute Gasteiger partial charge is 0.146 e. The summed E-state index contributed by atoms with van der Waals surface area (Å²) < 4.78 is 6.28. The maximum absolute atomic E-state index is 6.28. The fourth-order valence-corrected chi connectivity index (χ4v) is 3.70. The van der Waals surface area contributed by atoms with Gasteiger partial charge < -0.3 is 4.42 Å². The van der Waals surface area contributed by atoms with Crippen molar-refractivity contribution in [2.24, 2.45) is 5.10 Å². The van der Waals surface area contributed by atoms with Gasteiger partial charge in [-0.1, -0.05) is 54.6 Å². The van der Waals surface area contributed by atoms with Crippen molar-refractivity contribution in [3.63, 3.8) is 0 Å². The number of hydrogen-bond acceptors (Lipinski definition) is 4. The first kappa shape index (κ1) is 18.1. The van der Waals surface area contributed by atoms with Crippen LogP contribution in [0.3, 0.4) is 0 Å². The molecule has 0 radical (unpaired) electrons. The van der Waals surface area contributed by atoms with Gasteiger partial charge in [-0.05, 0) is 49.2 Å². The van der Waals surface area contributed by atoms with Crippen molar-refractivity contribution < 1.29 is 4.42 Å². The Labute approximate surface area is 174 Å².